The van der Waals surface area contributed by atoms with Gasteiger partial charge in [-0.25, -0.2) is 4.79 Å². The van der Waals surface area contributed by atoms with Crippen LogP contribution < -0.4 is 5.73 Å². The summed E-state index contributed by atoms with van der Waals surface area (Å²) in [6.45, 7) is 2.25. The van der Waals surface area contributed by atoms with Gasteiger partial charge in [0, 0.05) is 4.88 Å². The van der Waals surface area contributed by atoms with E-state index in [0.29, 0.717) is 6.61 Å². The van der Waals surface area contributed by atoms with Gasteiger partial charge < -0.3 is 15.2 Å². The van der Waals surface area contributed by atoms with E-state index in [1.807, 2.05) is 13.0 Å². The molecule has 0 aliphatic carbocycles. The zero-order valence-electron chi connectivity index (χ0n) is 9.16. The van der Waals surface area contributed by atoms with Crippen molar-refractivity contribution in [3.8, 4) is 0 Å². The van der Waals surface area contributed by atoms with Gasteiger partial charge in [-0.2, -0.15) is 0 Å². The molecule has 1 atom stereocenters. The van der Waals surface area contributed by atoms with Crippen molar-refractivity contribution in [1.82, 2.24) is 0 Å². The second kappa shape index (κ2) is 6.34. The van der Waals surface area contributed by atoms with Crippen molar-refractivity contribution in [3.63, 3.8) is 0 Å². The number of aryl methyl sites for hydroxylation is 1. The van der Waals surface area contributed by atoms with E-state index in [1.165, 1.54) is 7.11 Å². The fourth-order valence-corrected chi connectivity index (χ4v) is 3.03. The summed E-state index contributed by atoms with van der Waals surface area (Å²) < 4.78 is 10.7. The van der Waals surface area contributed by atoms with Gasteiger partial charge in [0.15, 0.2) is 0 Å². The largest absolute Gasteiger partial charge is 0.467 e. The lowest BCUT2D eigenvalue weighted by atomic mass is 10.1. The zero-order valence-corrected chi connectivity index (χ0v) is 11.6. The molecule has 0 amide bonds. The van der Waals surface area contributed by atoms with E-state index in [-0.39, 0.29) is 12.6 Å². The Morgan fingerprint density at radius 3 is 2.88 bits per heavy atom. The Morgan fingerprint density at radius 1 is 1.69 bits per heavy atom. The molecule has 90 valence electrons. The third kappa shape index (κ3) is 3.86. The van der Waals surface area contributed by atoms with Gasteiger partial charge in [0.1, 0.15) is 6.61 Å². The number of nitrogens with two attached hydrogens (primary N) is 1. The van der Waals surface area contributed by atoms with E-state index < -0.39 is 5.97 Å². The number of esters is 1. The molecule has 0 aromatic carbocycles. The van der Waals surface area contributed by atoms with Crippen molar-refractivity contribution in [1.29, 1.82) is 0 Å². The monoisotopic (exact) mass is 307 g/mol. The van der Waals surface area contributed by atoms with Gasteiger partial charge in [0.25, 0.3) is 0 Å². The third-order valence-corrected chi connectivity index (χ3v) is 3.64. The van der Waals surface area contributed by atoms with Crippen molar-refractivity contribution in [2.24, 2.45) is 5.73 Å². The first kappa shape index (κ1) is 13.6. The van der Waals surface area contributed by atoms with Crippen LogP contribution in [0.15, 0.2) is 9.85 Å². The zero-order chi connectivity index (χ0) is 12.1. The van der Waals surface area contributed by atoms with Crippen LogP contribution in [-0.2, 0) is 14.3 Å². The van der Waals surface area contributed by atoms with Crippen LogP contribution in [0.4, 0.5) is 0 Å². The Labute approximate surface area is 107 Å². The van der Waals surface area contributed by atoms with Crippen LogP contribution >= 0.6 is 27.3 Å². The number of carbonyl (C=O) groups excluding carboxylic acids is 1. The molecule has 0 spiro atoms. The molecule has 0 bridgehead atoms. The highest BCUT2D eigenvalue weighted by Crippen LogP contribution is 2.29. The smallest absolute Gasteiger partial charge is 0.331 e. The van der Waals surface area contributed by atoms with Gasteiger partial charge in [0.05, 0.1) is 23.5 Å². The second-order valence-corrected chi connectivity index (χ2v) is 5.90. The van der Waals surface area contributed by atoms with Crippen LogP contribution in [0.5, 0.6) is 0 Å². The highest BCUT2D eigenvalue weighted by Gasteiger charge is 2.13. The summed E-state index contributed by atoms with van der Waals surface area (Å²) in [6.07, 6.45) is 0. The maximum atomic E-state index is 10.8. The quantitative estimate of drug-likeness (QED) is 0.845. The van der Waals surface area contributed by atoms with Crippen molar-refractivity contribution in [2.75, 3.05) is 20.3 Å². The van der Waals surface area contributed by atoms with Gasteiger partial charge in [0.2, 0.25) is 0 Å². The molecule has 0 aliphatic rings. The van der Waals surface area contributed by atoms with Crippen molar-refractivity contribution in [2.45, 2.75) is 13.0 Å². The number of hydrogen-bond donors (Lipinski definition) is 1. The van der Waals surface area contributed by atoms with Crippen LogP contribution in [-0.4, -0.2) is 26.3 Å². The second-order valence-electron chi connectivity index (χ2n) is 3.26. The number of methoxy groups -OCH3 is 1. The summed E-state index contributed by atoms with van der Waals surface area (Å²) in [5.74, 6) is -0.393. The fraction of sp³-hybridized carbons (Fsp3) is 0.500. The lowest BCUT2D eigenvalue weighted by Crippen LogP contribution is -2.20. The number of hydrogen-bond acceptors (Lipinski definition) is 5. The normalized spacial score (nSPS) is 12.5. The maximum Gasteiger partial charge on any atom is 0.331 e. The van der Waals surface area contributed by atoms with E-state index >= 15 is 0 Å². The molecule has 1 heterocycles. The molecule has 0 saturated heterocycles. The Bertz CT molecular complexity index is 367. The standard InChI is InChI=1S/C10H14BrNO3S/c1-6-7(3-9(11)16-6)8(12)4-15-5-10(13)14-2/h3,8H,4-5,12H2,1-2H3. The molecule has 16 heavy (non-hydrogen) atoms. The van der Waals surface area contributed by atoms with Crippen LogP contribution in [0.1, 0.15) is 16.5 Å². The first-order valence-corrected chi connectivity index (χ1v) is 6.31. The summed E-state index contributed by atoms with van der Waals surface area (Å²) >= 11 is 5.03. The number of halogens is 1. The van der Waals surface area contributed by atoms with E-state index in [4.69, 9.17) is 10.5 Å². The Hall–Kier alpha value is -0.430. The SMILES string of the molecule is COC(=O)COCC(N)c1cc(Br)sc1C. The van der Waals surface area contributed by atoms with E-state index in [2.05, 4.69) is 20.7 Å². The highest BCUT2D eigenvalue weighted by molar-refractivity contribution is 9.11. The summed E-state index contributed by atoms with van der Waals surface area (Å²) in [7, 11) is 1.33. The molecule has 1 unspecified atom stereocenters. The van der Waals surface area contributed by atoms with E-state index in [9.17, 15) is 4.79 Å². The molecule has 6 heteroatoms. The topological polar surface area (TPSA) is 61.5 Å². The number of thiophene rings is 1. The highest BCUT2D eigenvalue weighted by atomic mass is 79.9. The average molecular weight is 308 g/mol. The molecule has 0 saturated carbocycles. The number of rotatable bonds is 5. The Balaban J connectivity index is 2.43. The minimum Gasteiger partial charge on any atom is -0.467 e. The van der Waals surface area contributed by atoms with Gasteiger partial charge in [-0.15, -0.1) is 11.3 Å². The fourth-order valence-electron chi connectivity index (χ4n) is 1.24. The van der Waals surface area contributed by atoms with E-state index in [1.54, 1.807) is 11.3 Å². The first-order chi connectivity index (χ1) is 7.54. The lowest BCUT2D eigenvalue weighted by molar-refractivity contribution is -0.146. The average Bonchev–Trinajstić information content (AvgIpc) is 2.57. The first-order valence-electron chi connectivity index (χ1n) is 4.70. The molecule has 0 aliphatic heterocycles. The summed E-state index contributed by atoms with van der Waals surface area (Å²) in [4.78, 5) is 12.0. The minimum absolute atomic E-state index is 0.0610. The molecule has 4 nitrogen and oxygen atoms in total. The van der Waals surface area contributed by atoms with Crippen LogP contribution in [0.3, 0.4) is 0 Å². The molecule has 1 aromatic heterocycles. The predicted octanol–water partition coefficient (Wildman–Crippen LogP) is 2.01. The van der Waals surface area contributed by atoms with Gasteiger partial charge in [-0.05, 0) is 34.5 Å². The predicted molar refractivity (Wildman–Crippen MR) is 66.5 cm³/mol. The van der Waals surface area contributed by atoms with Crippen molar-refractivity contribution in [3.05, 3.63) is 20.3 Å². The molecule has 0 fully saturated rings. The Morgan fingerprint density at radius 2 is 2.38 bits per heavy atom. The summed E-state index contributed by atoms with van der Waals surface area (Å²) in [5.41, 5.74) is 6.99. The number of carbonyl (C=O) groups is 1. The lowest BCUT2D eigenvalue weighted by Gasteiger charge is -2.11. The third-order valence-electron chi connectivity index (χ3n) is 2.07. The van der Waals surface area contributed by atoms with Crippen LogP contribution in [0, 0.1) is 6.92 Å². The molecular weight excluding hydrogens is 294 g/mol. The molecular formula is C10H14BrNO3S. The van der Waals surface area contributed by atoms with Gasteiger partial charge in [-0.3, -0.25) is 0 Å². The van der Waals surface area contributed by atoms with Gasteiger partial charge >= 0.3 is 5.97 Å². The molecule has 2 N–H and O–H groups in total. The minimum atomic E-state index is -0.393. The van der Waals surface area contributed by atoms with Crippen molar-refractivity contribution < 1.29 is 14.3 Å². The molecule has 0 radical (unpaired) electrons. The van der Waals surface area contributed by atoms with Crippen LogP contribution in [0.2, 0.25) is 0 Å². The van der Waals surface area contributed by atoms with Gasteiger partial charge in [-0.1, -0.05) is 0 Å². The maximum absolute atomic E-state index is 10.8. The Kier molecular flexibility index (Phi) is 5.40. The van der Waals surface area contributed by atoms with Crippen LogP contribution in [0.25, 0.3) is 0 Å². The molecule has 1 rings (SSSR count). The summed E-state index contributed by atoms with van der Waals surface area (Å²) in [6, 6.07) is 1.76. The summed E-state index contributed by atoms with van der Waals surface area (Å²) in [5, 5.41) is 0. The molecule has 1 aromatic rings. The number of ether oxygens (including phenoxy) is 2. The van der Waals surface area contributed by atoms with E-state index in [0.717, 1.165) is 14.2 Å². The van der Waals surface area contributed by atoms with Crippen molar-refractivity contribution >= 4 is 33.2 Å².